The lowest BCUT2D eigenvalue weighted by Crippen LogP contribution is -2.36. The molecule has 0 N–H and O–H groups in total. The van der Waals surface area contributed by atoms with Gasteiger partial charge in [0.1, 0.15) is 5.82 Å². The minimum atomic E-state index is 0.748. The summed E-state index contributed by atoms with van der Waals surface area (Å²) in [6.45, 7) is 3.24. The minimum absolute atomic E-state index is 0.748. The Balaban J connectivity index is 1.51. The van der Waals surface area contributed by atoms with Gasteiger partial charge in [0.25, 0.3) is 0 Å². The molecule has 27 heavy (non-hydrogen) atoms. The molecule has 4 aromatic rings. The zero-order valence-electron chi connectivity index (χ0n) is 14.7. The van der Waals surface area contributed by atoms with Gasteiger partial charge in [-0.3, -0.25) is 4.98 Å². The summed E-state index contributed by atoms with van der Waals surface area (Å²) in [6.07, 6.45) is 7.26. The Morgan fingerprint density at radius 1 is 0.815 bits per heavy atom. The third-order valence-corrected chi connectivity index (χ3v) is 4.72. The molecule has 0 aliphatic carbocycles. The highest BCUT2D eigenvalue weighted by Crippen LogP contribution is 2.24. The van der Waals surface area contributed by atoms with Crippen LogP contribution in [0.15, 0.2) is 61.2 Å². The van der Waals surface area contributed by atoms with Gasteiger partial charge in [-0.1, -0.05) is 0 Å². The van der Waals surface area contributed by atoms with Crippen LogP contribution in [0.5, 0.6) is 0 Å². The van der Waals surface area contributed by atoms with Crippen molar-refractivity contribution in [3.63, 3.8) is 0 Å². The van der Waals surface area contributed by atoms with E-state index in [2.05, 4.69) is 25.9 Å². The summed E-state index contributed by atoms with van der Waals surface area (Å²) >= 11 is 0. The number of rotatable bonds is 3. The van der Waals surface area contributed by atoms with Gasteiger partial charge in [-0.2, -0.15) is 5.10 Å². The molecule has 0 bridgehead atoms. The standard InChI is InChI=1S/C20H18N6O/c1-3-19(25-9-11-27-12-10-25)22-13-16(1)18-14-23-20-4-2-17(24-26(18)20)15-5-7-21-8-6-15/h1-8,13-14H,9-12H2. The first-order chi connectivity index (χ1) is 13.4. The van der Waals surface area contributed by atoms with Gasteiger partial charge < -0.3 is 9.64 Å². The average molecular weight is 358 g/mol. The fourth-order valence-corrected chi connectivity index (χ4v) is 3.26. The zero-order valence-corrected chi connectivity index (χ0v) is 14.7. The van der Waals surface area contributed by atoms with Gasteiger partial charge in [0.15, 0.2) is 5.65 Å². The number of hydrogen-bond donors (Lipinski definition) is 0. The molecule has 0 radical (unpaired) electrons. The predicted octanol–water partition coefficient (Wildman–Crippen LogP) is 2.69. The summed E-state index contributed by atoms with van der Waals surface area (Å²) in [7, 11) is 0. The number of morpholine rings is 1. The predicted molar refractivity (Wildman–Crippen MR) is 102 cm³/mol. The van der Waals surface area contributed by atoms with E-state index >= 15 is 0 Å². The molecule has 134 valence electrons. The first-order valence-electron chi connectivity index (χ1n) is 8.93. The van der Waals surface area contributed by atoms with Crippen molar-refractivity contribution in [2.75, 3.05) is 31.2 Å². The van der Waals surface area contributed by atoms with E-state index in [0.717, 1.165) is 60.3 Å². The number of imidazole rings is 1. The fourth-order valence-electron chi connectivity index (χ4n) is 3.26. The van der Waals surface area contributed by atoms with Crippen LogP contribution in [0.25, 0.3) is 28.2 Å². The molecule has 0 atom stereocenters. The van der Waals surface area contributed by atoms with Gasteiger partial charge in [0.2, 0.25) is 0 Å². The number of aromatic nitrogens is 5. The molecule has 0 aromatic carbocycles. The maximum absolute atomic E-state index is 5.41. The van der Waals surface area contributed by atoms with E-state index in [1.165, 1.54) is 0 Å². The molecular formula is C20H18N6O. The largest absolute Gasteiger partial charge is 0.378 e. The maximum Gasteiger partial charge on any atom is 0.154 e. The van der Waals surface area contributed by atoms with Crippen LogP contribution in [0.2, 0.25) is 0 Å². The fraction of sp³-hybridized carbons (Fsp3) is 0.200. The van der Waals surface area contributed by atoms with Gasteiger partial charge in [-0.15, -0.1) is 0 Å². The number of fused-ring (bicyclic) bond motifs is 1. The molecule has 7 nitrogen and oxygen atoms in total. The van der Waals surface area contributed by atoms with E-state index in [1.807, 2.05) is 47.2 Å². The third kappa shape index (κ3) is 3.02. The molecule has 0 amide bonds. The Morgan fingerprint density at radius 3 is 2.44 bits per heavy atom. The topological polar surface area (TPSA) is 68.4 Å². The van der Waals surface area contributed by atoms with Gasteiger partial charge >= 0.3 is 0 Å². The zero-order chi connectivity index (χ0) is 18.1. The highest BCUT2D eigenvalue weighted by Gasteiger charge is 2.14. The second kappa shape index (κ2) is 6.77. The van der Waals surface area contributed by atoms with E-state index in [1.54, 1.807) is 12.4 Å². The van der Waals surface area contributed by atoms with Gasteiger partial charge in [-0.25, -0.2) is 14.5 Å². The van der Waals surface area contributed by atoms with Crippen molar-refractivity contribution in [3.8, 4) is 22.5 Å². The molecule has 5 rings (SSSR count). The summed E-state index contributed by atoms with van der Waals surface area (Å²) in [5.41, 5.74) is 4.61. The third-order valence-electron chi connectivity index (χ3n) is 4.72. The Bertz CT molecular complexity index is 1050. The summed E-state index contributed by atoms with van der Waals surface area (Å²) in [5, 5.41) is 4.77. The van der Waals surface area contributed by atoms with Crippen LogP contribution in [0, 0.1) is 0 Å². The Kier molecular flexibility index (Phi) is 3.99. The van der Waals surface area contributed by atoms with Crippen molar-refractivity contribution < 1.29 is 4.74 Å². The second-order valence-electron chi connectivity index (χ2n) is 6.37. The summed E-state index contributed by atoms with van der Waals surface area (Å²) in [5.74, 6) is 0.973. The molecule has 0 unspecified atom stereocenters. The molecule has 5 heterocycles. The SMILES string of the molecule is c1cc(-c2ccc3ncc(-c4ccc(N5CCOCC5)nc4)n3n2)ccn1. The van der Waals surface area contributed by atoms with Crippen molar-refractivity contribution in [1.82, 2.24) is 24.6 Å². The number of pyridine rings is 2. The number of anilines is 1. The Morgan fingerprint density at radius 2 is 1.67 bits per heavy atom. The van der Waals surface area contributed by atoms with Crippen LogP contribution >= 0.6 is 0 Å². The maximum atomic E-state index is 5.41. The van der Waals surface area contributed by atoms with Gasteiger partial charge in [0.05, 0.1) is 30.8 Å². The molecule has 0 spiro atoms. The quantitative estimate of drug-likeness (QED) is 0.561. The van der Waals surface area contributed by atoms with Crippen LogP contribution < -0.4 is 4.90 Å². The van der Waals surface area contributed by atoms with Crippen LogP contribution in [-0.4, -0.2) is 50.9 Å². The molecule has 1 aliphatic rings. The van der Waals surface area contributed by atoms with E-state index in [4.69, 9.17) is 9.84 Å². The summed E-state index contributed by atoms with van der Waals surface area (Å²) in [4.78, 5) is 15.4. The monoisotopic (exact) mass is 358 g/mol. The van der Waals surface area contributed by atoms with E-state index < -0.39 is 0 Å². The molecule has 1 aliphatic heterocycles. The van der Waals surface area contributed by atoms with E-state index in [-0.39, 0.29) is 0 Å². The first-order valence-corrected chi connectivity index (χ1v) is 8.93. The summed E-state index contributed by atoms with van der Waals surface area (Å²) < 4.78 is 7.27. The number of ether oxygens (including phenoxy) is 1. The smallest absolute Gasteiger partial charge is 0.154 e. The Hall–Kier alpha value is -3.32. The molecule has 7 heteroatoms. The first kappa shape index (κ1) is 15.9. The second-order valence-corrected chi connectivity index (χ2v) is 6.37. The highest BCUT2D eigenvalue weighted by atomic mass is 16.5. The lowest BCUT2D eigenvalue weighted by Gasteiger charge is -2.27. The lowest BCUT2D eigenvalue weighted by molar-refractivity contribution is 0.122. The Labute approximate surface area is 156 Å². The lowest BCUT2D eigenvalue weighted by atomic mass is 10.2. The van der Waals surface area contributed by atoms with E-state index in [9.17, 15) is 0 Å². The highest BCUT2D eigenvalue weighted by molar-refractivity contribution is 5.66. The van der Waals surface area contributed by atoms with Crippen LogP contribution in [0.4, 0.5) is 5.82 Å². The van der Waals surface area contributed by atoms with Crippen molar-refractivity contribution in [2.45, 2.75) is 0 Å². The average Bonchev–Trinajstić information content (AvgIpc) is 3.18. The van der Waals surface area contributed by atoms with Crippen molar-refractivity contribution >= 4 is 11.5 Å². The van der Waals surface area contributed by atoms with Crippen LogP contribution in [0.3, 0.4) is 0 Å². The van der Waals surface area contributed by atoms with Crippen LogP contribution in [-0.2, 0) is 4.74 Å². The number of nitrogens with zero attached hydrogens (tertiary/aromatic N) is 6. The van der Waals surface area contributed by atoms with Gasteiger partial charge in [-0.05, 0) is 36.4 Å². The molecule has 1 saturated heterocycles. The number of hydrogen-bond acceptors (Lipinski definition) is 6. The molecular weight excluding hydrogens is 340 g/mol. The molecule has 4 aromatic heterocycles. The van der Waals surface area contributed by atoms with Crippen LogP contribution in [0.1, 0.15) is 0 Å². The van der Waals surface area contributed by atoms with Crippen molar-refractivity contribution in [3.05, 3.63) is 61.2 Å². The normalized spacial score (nSPS) is 14.6. The van der Waals surface area contributed by atoms with Crippen molar-refractivity contribution in [1.29, 1.82) is 0 Å². The molecule has 1 fully saturated rings. The van der Waals surface area contributed by atoms with Gasteiger partial charge in [0, 0.05) is 42.8 Å². The minimum Gasteiger partial charge on any atom is -0.378 e. The molecule has 0 saturated carbocycles. The van der Waals surface area contributed by atoms with Crippen molar-refractivity contribution in [2.24, 2.45) is 0 Å². The van der Waals surface area contributed by atoms with E-state index in [0.29, 0.717) is 0 Å². The summed E-state index contributed by atoms with van der Waals surface area (Å²) in [6, 6.07) is 12.0.